The van der Waals surface area contributed by atoms with Crippen LogP contribution in [0.1, 0.15) is 75.3 Å². The third-order valence-corrected chi connectivity index (χ3v) is 8.07. The van der Waals surface area contributed by atoms with Crippen LogP contribution in [0.4, 0.5) is 5.00 Å². The number of benzene rings is 1. The van der Waals surface area contributed by atoms with Gasteiger partial charge in [0.1, 0.15) is 5.00 Å². The Labute approximate surface area is 208 Å². The molecule has 0 aliphatic heterocycles. The van der Waals surface area contributed by atoms with E-state index in [0.717, 1.165) is 29.4 Å². The Morgan fingerprint density at radius 1 is 1.15 bits per heavy atom. The van der Waals surface area contributed by atoms with Crippen molar-refractivity contribution in [3.8, 4) is 11.4 Å². The van der Waals surface area contributed by atoms with Crippen molar-refractivity contribution in [3.05, 3.63) is 46.8 Å². The van der Waals surface area contributed by atoms with Gasteiger partial charge in [-0.15, -0.1) is 21.5 Å². The fourth-order valence-electron chi connectivity index (χ4n) is 4.19. The number of rotatable bonds is 7. The second kappa shape index (κ2) is 9.92. The SMILES string of the molecule is CC(Sc1nnc(-c2ccc(C(C)(C)C)cc2)n1C1CCCC1)C(=O)Nc1sccc1C(N)=O. The lowest BCUT2D eigenvalue weighted by Crippen LogP contribution is -2.24. The summed E-state index contributed by atoms with van der Waals surface area (Å²) >= 11 is 2.67. The smallest absolute Gasteiger partial charge is 0.251 e. The maximum atomic E-state index is 12.9. The Morgan fingerprint density at radius 2 is 1.82 bits per heavy atom. The first-order chi connectivity index (χ1) is 16.1. The molecule has 1 aliphatic rings. The lowest BCUT2D eigenvalue weighted by atomic mass is 9.86. The molecule has 9 heteroatoms. The molecular weight excluding hydrogens is 466 g/mol. The number of hydrogen-bond donors (Lipinski definition) is 2. The van der Waals surface area contributed by atoms with Gasteiger partial charge in [0, 0.05) is 11.6 Å². The summed E-state index contributed by atoms with van der Waals surface area (Å²) in [5.41, 5.74) is 8.11. The van der Waals surface area contributed by atoms with Gasteiger partial charge in [0.25, 0.3) is 5.91 Å². The standard InChI is InChI=1S/C25H31N5O2S2/c1-15(22(32)27-23-19(20(26)31)13-14-33-23)34-24-29-28-21(30(24)18-7-5-6-8-18)16-9-11-17(12-10-16)25(2,3)4/h9-15,18H,5-8H2,1-4H3,(H2,26,31)(H,27,32). The molecule has 2 aromatic heterocycles. The summed E-state index contributed by atoms with van der Waals surface area (Å²) in [5.74, 6) is 0.0868. The Bertz CT molecular complexity index is 1170. The van der Waals surface area contributed by atoms with Gasteiger partial charge in [0.15, 0.2) is 11.0 Å². The third kappa shape index (κ3) is 5.20. The lowest BCUT2D eigenvalue weighted by Gasteiger charge is -2.20. The van der Waals surface area contributed by atoms with Crippen molar-refractivity contribution in [2.75, 3.05) is 5.32 Å². The summed E-state index contributed by atoms with van der Waals surface area (Å²) in [7, 11) is 0. The number of nitrogens with one attached hydrogen (secondary N) is 1. The van der Waals surface area contributed by atoms with Gasteiger partial charge in [-0.1, -0.05) is 69.6 Å². The minimum Gasteiger partial charge on any atom is -0.366 e. The summed E-state index contributed by atoms with van der Waals surface area (Å²) in [4.78, 5) is 24.5. The summed E-state index contributed by atoms with van der Waals surface area (Å²) in [6.07, 6.45) is 4.52. The van der Waals surface area contributed by atoms with E-state index in [-0.39, 0.29) is 11.3 Å². The van der Waals surface area contributed by atoms with E-state index in [0.29, 0.717) is 16.6 Å². The highest BCUT2D eigenvalue weighted by atomic mass is 32.2. The van der Waals surface area contributed by atoms with E-state index < -0.39 is 11.2 Å². The number of hydrogen-bond acceptors (Lipinski definition) is 6. The fourth-order valence-corrected chi connectivity index (χ4v) is 5.90. The van der Waals surface area contributed by atoms with Gasteiger partial charge in [-0.25, -0.2) is 0 Å². The molecule has 1 fully saturated rings. The molecule has 0 radical (unpaired) electrons. The number of aromatic nitrogens is 3. The van der Waals surface area contributed by atoms with Crippen molar-refractivity contribution in [1.82, 2.24) is 14.8 Å². The van der Waals surface area contributed by atoms with Crippen molar-refractivity contribution in [2.24, 2.45) is 5.73 Å². The molecule has 3 aromatic rings. The molecule has 1 aromatic carbocycles. The second-order valence-corrected chi connectivity index (χ2v) is 11.9. The molecule has 180 valence electrons. The summed E-state index contributed by atoms with van der Waals surface area (Å²) < 4.78 is 2.22. The summed E-state index contributed by atoms with van der Waals surface area (Å²) in [6.45, 7) is 8.44. The van der Waals surface area contributed by atoms with Crippen LogP contribution in [0.5, 0.6) is 0 Å². The number of thioether (sulfide) groups is 1. The fraction of sp³-hybridized carbons (Fsp3) is 0.440. The van der Waals surface area contributed by atoms with E-state index in [4.69, 9.17) is 5.73 Å². The average molecular weight is 498 g/mol. The van der Waals surface area contributed by atoms with Crippen LogP contribution in [0, 0.1) is 0 Å². The number of carbonyl (C=O) groups excluding carboxylic acids is 2. The number of primary amides is 1. The predicted molar refractivity (Wildman–Crippen MR) is 138 cm³/mol. The summed E-state index contributed by atoms with van der Waals surface area (Å²) in [6, 6.07) is 10.5. The molecule has 2 amide bonds. The van der Waals surface area contributed by atoms with Crippen molar-refractivity contribution in [2.45, 2.75) is 75.2 Å². The first-order valence-corrected chi connectivity index (χ1v) is 13.3. The maximum Gasteiger partial charge on any atom is 0.251 e. The highest BCUT2D eigenvalue weighted by Crippen LogP contribution is 2.38. The Morgan fingerprint density at radius 3 is 2.44 bits per heavy atom. The molecule has 1 unspecified atom stereocenters. The van der Waals surface area contributed by atoms with Crippen molar-refractivity contribution < 1.29 is 9.59 Å². The van der Waals surface area contributed by atoms with Gasteiger partial charge in [0.05, 0.1) is 10.8 Å². The van der Waals surface area contributed by atoms with E-state index in [1.165, 1.54) is 41.5 Å². The van der Waals surface area contributed by atoms with Crippen LogP contribution in [0.25, 0.3) is 11.4 Å². The molecule has 0 spiro atoms. The quantitative estimate of drug-likeness (QED) is 0.411. The first kappa shape index (κ1) is 24.5. The van der Waals surface area contributed by atoms with Crippen molar-refractivity contribution >= 4 is 39.9 Å². The Hall–Kier alpha value is -2.65. The highest BCUT2D eigenvalue weighted by molar-refractivity contribution is 8.00. The molecule has 2 heterocycles. The monoisotopic (exact) mass is 497 g/mol. The molecule has 1 atom stereocenters. The van der Waals surface area contributed by atoms with E-state index >= 15 is 0 Å². The Kier molecular flexibility index (Phi) is 7.14. The average Bonchev–Trinajstić information content (AvgIpc) is 3.54. The maximum absolute atomic E-state index is 12.9. The van der Waals surface area contributed by atoms with Crippen molar-refractivity contribution in [1.29, 1.82) is 0 Å². The van der Waals surface area contributed by atoms with Crippen LogP contribution in [0.15, 0.2) is 40.9 Å². The molecule has 4 rings (SSSR count). The van der Waals surface area contributed by atoms with Gasteiger partial charge in [-0.2, -0.15) is 0 Å². The first-order valence-electron chi connectivity index (χ1n) is 11.6. The van der Waals surface area contributed by atoms with Crippen LogP contribution in [0.3, 0.4) is 0 Å². The number of nitrogens with zero attached hydrogens (tertiary/aromatic N) is 3. The molecule has 0 bridgehead atoms. The molecule has 0 saturated heterocycles. The van der Waals surface area contributed by atoms with E-state index in [1.54, 1.807) is 11.4 Å². The molecule has 1 aliphatic carbocycles. The van der Waals surface area contributed by atoms with Crippen LogP contribution >= 0.6 is 23.1 Å². The molecular formula is C25H31N5O2S2. The van der Waals surface area contributed by atoms with E-state index in [9.17, 15) is 9.59 Å². The molecule has 7 nitrogen and oxygen atoms in total. The number of carbonyl (C=O) groups is 2. The number of anilines is 1. The van der Waals surface area contributed by atoms with Crippen LogP contribution in [-0.4, -0.2) is 31.8 Å². The number of amides is 2. The number of nitrogens with two attached hydrogens (primary N) is 1. The van der Waals surface area contributed by atoms with E-state index in [2.05, 4.69) is 65.1 Å². The molecule has 3 N–H and O–H groups in total. The minimum atomic E-state index is -0.556. The minimum absolute atomic E-state index is 0.0817. The highest BCUT2D eigenvalue weighted by Gasteiger charge is 2.28. The van der Waals surface area contributed by atoms with Gasteiger partial charge in [-0.3, -0.25) is 14.2 Å². The van der Waals surface area contributed by atoms with Gasteiger partial charge in [0.2, 0.25) is 5.91 Å². The zero-order chi connectivity index (χ0) is 24.5. The van der Waals surface area contributed by atoms with Crippen LogP contribution in [-0.2, 0) is 10.2 Å². The zero-order valence-corrected chi connectivity index (χ0v) is 21.6. The molecule has 1 saturated carbocycles. The lowest BCUT2D eigenvalue weighted by molar-refractivity contribution is -0.115. The van der Waals surface area contributed by atoms with Crippen LogP contribution < -0.4 is 11.1 Å². The largest absolute Gasteiger partial charge is 0.366 e. The number of thiophene rings is 1. The Balaban J connectivity index is 1.58. The van der Waals surface area contributed by atoms with Gasteiger partial charge >= 0.3 is 0 Å². The zero-order valence-electron chi connectivity index (χ0n) is 20.0. The second-order valence-electron chi connectivity index (χ2n) is 9.72. The normalized spacial score (nSPS) is 15.4. The molecule has 34 heavy (non-hydrogen) atoms. The van der Waals surface area contributed by atoms with Crippen LogP contribution in [0.2, 0.25) is 0 Å². The third-order valence-electron chi connectivity index (χ3n) is 6.18. The van der Waals surface area contributed by atoms with Gasteiger partial charge < -0.3 is 11.1 Å². The summed E-state index contributed by atoms with van der Waals surface area (Å²) in [5, 5.41) is 14.4. The topological polar surface area (TPSA) is 103 Å². The predicted octanol–water partition coefficient (Wildman–Crippen LogP) is 5.64. The van der Waals surface area contributed by atoms with Gasteiger partial charge in [-0.05, 0) is 42.2 Å². The van der Waals surface area contributed by atoms with E-state index in [1.807, 2.05) is 6.92 Å². The van der Waals surface area contributed by atoms with Crippen molar-refractivity contribution in [3.63, 3.8) is 0 Å².